The van der Waals surface area contributed by atoms with Crippen molar-refractivity contribution in [3.63, 3.8) is 0 Å². The summed E-state index contributed by atoms with van der Waals surface area (Å²) in [6.45, 7) is 0.700. The third-order valence-corrected chi connectivity index (χ3v) is 3.41. The van der Waals surface area contributed by atoms with Gasteiger partial charge in [-0.3, -0.25) is 4.79 Å². The fraction of sp³-hybridized carbons (Fsp3) is 0.500. The number of nitrogens with one attached hydrogen (secondary N) is 1. The third-order valence-electron chi connectivity index (χ3n) is 3.11. The van der Waals surface area contributed by atoms with Crippen molar-refractivity contribution in [3.8, 4) is 0 Å². The highest BCUT2D eigenvalue weighted by molar-refractivity contribution is 6.33. The minimum Gasteiger partial charge on any atom is -0.384 e. The highest BCUT2D eigenvalue weighted by Crippen LogP contribution is 2.24. The molecule has 92 valence electrons. The fourth-order valence-electron chi connectivity index (χ4n) is 2.15. The molecule has 0 atom stereocenters. The van der Waals surface area contributed by atoms with Crippen molar-refractivity contribution in [1.29, 1.82) is 0 Å². The molecule has 5 heteroatoms. The number of rotatable bonds is 3. The van der Waals surface area contributed by atoms with E-state index < -0.39 is 0 Å². The lowest BCUT2D eigenvalue weighted by Gasteiger charge is -2.11. The number of hydrogen-bond acceptors (Lipinski definition) is 3. The molecule has 1 aliphatic rings. The molecule has 0 bridgehead atoms. The van der Waals surface area contributed by atoms with E-state index >= 15 is 0 Å². The summed E-state index contributed by atoms with van der Waals surface area (Å²) in [5, 5.41) is 3.20. The van der Waals surface area contributed by atoms with E-state index in [-0.39, 0.29) is 11.6 Å². The molecule has 3 N–H and O–H groups in total. The van der Waals surface area contributed by atoms with Gasteiger partial charge in [0, 0.05) is 6.54 Å². The molecule has 1 fully saturated rings. The molecule has 1 heterocycles. The number of nitrogens with two attached hydrogens (primary N) is 1. The van der Waals surface area contributed by atoms with Crippen LogP contribution in [0.4, 0.5) is 5.82 Å². The van der Waals surface area contributed by atoms with Gasteiger partial charge in [-0.1, -0.05) is 24.4 Å². The van der Waals surface area contributed by atoms with E-state index in [2.05, 4.69) is 10.3 Å². The first-order chi connectivity index (χ1) is 8.16. The Kier molecular flexibility index (Phi) is 3.84. The molecule has 0 aliphatic heterocycles. The summed E-state index contributed by atoms with van der Waals surface area (Å²) >= 11 is 5.91. The van der Waals surface area contributed by atoms with Crippen molar-refractivity contribution in [2.75, 3.05) is 12.3 Å². The van der Waals surface area contributed by atoms with Gasteiger partial charge in [-0.2, -0.15) is 0 Å². The first-order valence-electron chi connectivity index (χ1n) is 5.87. The van der Waals surface area contributed by atoms with Crippen LogP contribution in [0.3, 0.4) is 0 Å². The number of halogens is 1. The van der Waals surface area contributed by atoms with Crippen LogP contribution < -0.4 is 11.1 Å². The van der Waals surface area contributed by atoms with Crippen molar-refractivity contribution >= 4 is 23.3 Å². The second-order valence-electron chi connectivity index (χ2n) is 4.43. The molecular weight excluding hydrogens is 238 g/mol. The predicted molar refractivity (Wildman–Crippen MR) is 68.0 cm³/mol. The summed E-state index contributed by atoms with van der Waals surface area (Å²) in [6.07, 6.45) is 4.91. The largest absolute Gasteiger partial charge is 0.384 e. The first kappa shape index (κ1) is 12.2. The Morgan fingerprint density at radius 2 is 2.18 bits per heavy atom. The zero-order chi connectivity index (χ0) is 12.3. The van der Waals surface area contributed by atoms with Crippen LogP contribution in [0.5, 0.6) is 0 Å². The van der Waals surface area contributed by atoms with Crippen molar-refractivity contribution in [3.05, 3.63) is 22.8 Å². The van der Waals surface area contributed by atoms with E-state index in [1.54, 1.807) is 12.1 Å². The van der Waals surface area contributed by atoms with Gasteiger partial charge < -0.3 is 11.1 Å². The molecular formula is C12H16ClN3O. The number of hydrogen-bond donors (Lipinski definition) is 2. The number of carbonyl (C=O) groups is 1. The topological polar surface area (TPSA) is 68.0 Å². The van der Waals surface area contributed by atoms with Gasteiger partial charge in [0.2, 0.25) is 0 Å². The fourth-order valence-corrected chi connectivity index (χ4v) is 2.34. The Morgan fingerprint density at radius 3 is 2.88 bits per heavy atom. The van der Waals surface area contributed by atoms with Crippen LogP contribution in [0.1, 0.15) is 36.2 Å². The summed E-state index contributed by atoms with van der Waals surface area (Å²) in [4.78, 5) is 15.8. The van der Waals surface area contributed by atoms with Gasteiger partial charge in [0.05, 0.1) is 5.02 Å². The van der Waals surface area contributed by atoms with Crippen LogP contribution in [0.25, 0.3) is 0 Å². The predicted octanol–water partition coefficient (Wildman–Crippen LogP) is 2.24. The van der Waals surface area contributed by atoms with E-state index in [1.165, 1.54) is 25.7 Å². The summed E-state index contributed by atoms with van der Waals surface area (Å²) in [6, 6.07) is 3.17. The van der Waals surface area contributed by atoms with Gasteiger partial charge >= 0.3 is 0 Å². The zero-order valence-corrected chi connectivity index (χ0v) is 10.3. The second-order valence-corrected chi connectivity index (χ2v) is 4.83. The second kappa shape index (κ2) is 5.36. The summed E-state index contributed by atoms with van der Waals surface area (Å²) in [5.41, 5.74) is 5.75. The maximum atomic E-state index is 11.9. The highest BCUT2D eigenvalue weighted by Gasteiger charge is 2.18. The molecule has 1 aromatic rings. The van der Waals surface area contributed by atoms with Crippen LogP contribution in [0.2, 0.25) is 5.02 Å². The summed E-state index contributed by atoms with van der Waals surface area (Å²) < 4.78 is 0. The number of anilines is 1. The van der Waals surface area contributed by atoms with Crippen molar-refractivity contribution < 1.29 is 4.79 Å². The van der Waals surface area contributed by atoms with Crippen LogP contribution >= 0.6 is 11.6 Å². The molecule has 0 unspecified atom stereocenters. The summed E-state index contributed by atoms with van der Waals surface area (Å²) in [7, 11) is 0. The number of amides is 1. The third kappa shape index (κ3) is 3.09. The normalized spacial score (nSPS) is 16.1. The number of nitrogen functional groups attached to an aromatic ring is 1. The van der Waals surface area contributed by atoms with Crippen LogP contribution in [0, 0.1) is 5.92 Å². The van der Waals surface area contributed by atoms with E-state index in [0.717, 1.165) is 0 Å². The molecule has 1 saturated carbocycles. The van der Waals surface area contributed by atoms with E-state index in [4.69, 9.17) is 17.3 Å². The molecule has 17 heavy (non-hydrogen) atoms. The van der Waals surface area contributed by atoms with E-state index in [9.17, 15) is 4.79 Å². The standard InChI is InChI=1S/C12H16ClN3O/c13-9-5-6-10(14)16-11(9)12(17)15-7-8-3-1-2-4-8/h5-6,8H,1-4,7H2,(H2,14,16)(H,15,17). The van der Waals surface area contributed by atoms with Crippen LogP contribution in [-0.4, -0.2) is 17.4 Å². The lowest BCUT2D eigenvalue weighted by molar-refractivity contribution is 0.0942. The Hall–Kier alpha value is -1.29. The smallest absolute Gasteiger partial charge is 0.271 e. The van der Waals surface area contributed by atoms with Gasteiger partial charge in [0.1, 0.15) is 11.5 Å². The maximum absolute atomic E-state index is 11.9. The van der Waals surface area contributed by atoms with Crippen LogP contribution in [0.15, 0.2) is 12.1 Å². The molecule has 0 radical (unpaired) electrons. The Bertz CT molecular complexity index is 416. The van der Waals surface area contributed by atoms with Gasteiger partial charge in [-0.15, -0.1) is 0 Å². The lowest BCUT2D eigenvalue weighted by Crippen LogP contribution is -2.29. The molecule has 1 aliphatic carbocycles. The molecule has 2 rings (SSSR count). The van der Waals surface area contributed by atoms with Crippen LogP contribution in [-0.2, 0) is 0 Å². The minimum absolute atomic E-state index is 0.213. The molecule has 0 aromatic carbocycles. The van der Waals surface area contributed by atoms with Gasteiger partial charge in [-0.25, -0.2) is 4.98 Å². The van der Waals surface area contributed by atoms with Gasteiger partial charge in [0.25, 0.3) is 5.91 Å². The van der Waals surface area contributed by atoms with Crippen molar-refractivity contribution in [2.24, 2.45) is 5.92 Å². The highest BCUT2D eigenvalue weighted by atomic mass is 35.5. The molecule has 4 nitrogen and oxygen atoms in total. The number of nitrogens with zero attached hydrogens (tertiary/aromatic N) is 1. The minimum atomic E-state index is -0.241. The van der Waals surface area contributed by atoms with E-state index in [1.807, 2.05) is 0 Å². The number of pyridine rings is 1. The summed E-state index contributed by atoms with van der Waals surface area (Å²) in [5.74, 6) is 0.661. The molecule has 0 saturated heterocycles. The molecule has 1 amide bonds. The maximum Gasteiger partial charge on any atom is 0.271 e. The van der Waals surface area contributed by atoms with Crippen molar-refractivity contribution in [2.45, 2.75) is 25.7 Å². The Labute approximate surface area is 106 Å². The average molecular weight is 254 g/mol. The Morgan fingerprint density at radius 1 is 1.47 bits per heavy atom. The van der Waals surface area contributed by atoms with E-state index in [0.29, 0.717) is 23.3 Å². The first-order valence-corrected chi connectivity index (χ1v) is 6.25. The van der Waals surface area contributed by atoms with Crippen molar-refractivity contribution in [1.82, 2.24) is 10.3 Å². The number of carbonyl (C=O) groups excluding carboxylic acids is 1. The zero-order valence-electron chi connectivity index (χ0n) is 9.58. The SMILES string of the molecule is Nc1ccc(Cl)c(C(=O)NCC2CCCC2)n1. The molecule has 0 spiro atoms. The quantitative estimate of drug-likeness (QED) is 0.868. The molecule has 1 aromatic heterocycles. The number of aromatic nitrogens is 1. The monoisotopic (exact) mass is 253 g/mol. The lowest BCUT2D eigenvalue weighted by atomic mass is 10.1. The average Bonchev–Trinajstić information content (AvgIpc) is 2.82. The van der Waals surface area contributed by atoms with Gasteiger partial charge in [-0.05, 0) is 30.9 Å². The van der Waals surface area contributed by atoms with Gasteiger partial charge in [0.15, 0.2) is 0 Å². The Balaban J connectivity index is 1.96.